The molecule has 0 aliphatic carbocycles. The Balaban J connectivity index is 1.86. The van der Waals surface area contributed by atoms with E-state index in [9.17, 15) is 9.90 Å². The molecule has 1 saturated heterocycles. The third kappa shape index (κ3) is 4.03. The summed E-state index contributed by atoms with van der Waals surface area (Å²) in [7, 11) is 3.46. The van der Waals surface area contributed by atoms with Gasteiger partial charge in [0.25, 0.3) is 5.91 Å². The Morgan fingerprint density at radius 3 is 3.05 bits per heavy atom. The van der Waals surface area contributed by atoms with Gasteiger partial charge in [-0.15, -0.1) is 0 Å². The number of amides is 1. The summed E-state index contributed by atoms with van der Waals surface area (Å²) in [5, 5.41) is 17.8. The Bertz CT molecular complexity index is 477. The van der Waals surface area contributed by atoms with Crippen LogP contribution in [-0.2, 0) is 23.1 Å². The Labute approximate surface area is 124 Å². The smallest absolute Gasteiger partial charge is 0.255 e. The molecule has 7 heteroatoms. The second-order valence-electron chi connectivity index (χ2n) is 5.55. The molecule has 1 amide bonds. The standard InChI is InChI=1S/C14H24N4O3/c1-17-10-12(9-16-17)8-15-11-14(20)4-3-5-18(13(14)19)6-7-21-2/h9-10,15,20H,3-8,11H2,1-2H3/t14-/m0/s1. The number of hydrogen-bond acceptors (Lipinski definition) is 5. The lowest BCUT2D eigenvalue weighted by Crippen LogP contribution is -2.58. The van der Waals surface area contributed by atoms with Crippen molar-refractivity contribution in [2.24, 2.45) is 7.05 Å². The lowest BCUT2D eigenvalue weighted by molar-refractivity contribution is -0.157. The molecule has 118 valence electrons. The highest BCUT2D eigenvalue weighted by atomic mass is 16.5. The van der Waals surface area contributed by atoms with Crippen LogP contribution in [0, 0.1) is 0 Å². The van der Waals surface area contributed by atoms with E-state index in [-0.39, 0.29) is 12.5 Å². The van der Waals surface area contributed by atoms with Crippen molar-refractivity contribution < 1.29 is 14.6 Å². The molecular weight excluding hydrogens is 272 g/mol. The van der Waals surface area contributed by atoms with E-state index in [1.807, 2.05) is 13.2 Å². The normalized spacial score (nSPS) is 22.8. The molecular formula is C14H24N4O3. The van der Waals surface area contributed by atoms with Crippen LogP contribution in [0.3, 0.4) is 0 Å². The number of carbonyl (C=O) groups is 1. The van der Waals surface area contributed by atoms with Crippen LogP contribution in [0.2, 0.25) is 0 Å². The molecule has 0 spiro atoms. The number of aliphatic hydroxyl groups is 1. The number of rotatable bonds is 7. The fourth-order valence-electron chi connectivity index (χ4n) is 2.62. The third-order valence-corrected chi connectivity index (χ3v) is 3.77. The number of ether oxygens (including phenoxy) is 1. The van der Waals surface area contributed by atoms with Crippen molar-refractivity contribution in [1.82, 2.24) is 20.0 Å². The third-order valence-electron chi connectivity index (χ3n) is 3.77. The number of aromatic nitrogens is 2. The summed E-state index contributed by atoms with van der Waals surface area (Å²) in [5.41, 5.74) is -0.283. The van der Waals surface area contributed by atoms with Gasteiger partial charge in [-0.25, -0.2) is 0 Å². The fourth-order valence-corrected chi connectivity index (χ4v) is 2.62. The summed E-state index contributed by atoms with van der Waals surface area (Å²) < 4.78 is 6.73. The first-order chi connectivity index (χ1) is 10.0. The molecule has 2 heterocycles. The Kier molecular flexibility index (Phi) is 5.33. The lowest BCUT2D eigenvalue weighted by Gasteiger charge is -2.38. The average molecular weight is 296 g/mol. The van der Waals surface area contributed by atoms with E-state index in [0.717, 1.165) is 12.0 Å². The summed E-state index contributed by atoms with van der Waals surface area (Å²) in [6.07, 6.45) is 4.98. The summed E-state index contributed by atoms with van der Waals surface area (Å²) in [4.78, 5) is 14.0. The highest BCUT2D eigenvalue weighted by molar-refractivity contribution is 5.86. The maximum Gasteiger partial charge on any atom is 0.255 e. The zero-order valence-electron chi connectivity index (χ0n) is 12.7. The van der Waals surface area contributed by atoms with Crippen molar-refractivity contribution in [1.29, 1.82) is 0 Å². The van der Waals surface area contributed by atoms with Crippen LogP contribution in [0.15, 0.2) is 12.4 Å². The summed E-state index contributed by atoms with van der Waals surface area (Å²) in [5.74, 6) is -0.204. The molecule has 0 aromatic carbocycles. The van der Waals surface area contributed by atoms with Crippen LogP contribution >= 0.6 is 0 Å². The summed E-state index contributed by atoms with van der Waals surface area (Å²) >= 11 is 0. The Morgan fingerprint density at radius 1 is 1.57 bits per heavy atom. The molecule has 1 aliphatic rings. The minimum atomic E-state index is -1.31. The zero-order valence-corrected chi connectivity index (χ0v) is 12.7. The SMILES string of the molecule is COCCN1CCC[C@](O)(CNCc2cnn(C)c2)C1=O. The van der Waals surface area contributed by atoms with Crippen LogP contribution in [0.1, 0.15) is 18.4 Å². The molecule has 7 nitrogen and oxygen atoms in total. The van der Waals surface area contributed by atoms with E-state index in [1.54, 1.807) is 22.9 Å². The number of nitrogens with zero attached hydrogens (tertiary/aromatic N) is 3. The molecule has 0 saturated carbocycles. The Hall–Kier alpha value is -1.44. The quantitative estimate of drug-likeness (QED) is 0.710. The van der Waals surface area contributed by atoms with Crippen molar-refractivity contribution in [3.63, 3.8) is 0 Å². The van der Waals surface area contributed by atoms with E-state index >= 15 is 0 Å². The van der Waals surface area contributed by atoms with Gasteiger partial charge in [-0.05, 0) is 12.8 Å². The van der Waals surface area contributed by atoms with Crippen molar-refractivity contribution in [3.8, 4) is 0 Å². The summed E-state index contributed by atoms with van der Waals surface area (Å²) in [6.45, 7) is 2.55. The first-order valence-corrected chi connectivity index (χ1v) is 7.24. The molecule has 0 bridgehead atoms. The summed E-state index contributed by atoms with van der Waals surface area (Å²) in [6, 6.07) is 0. The minimum absolute atomic E-state index is 0.204. The molecule has 1 aliphatic heterocycles. The molecule has 0 unspecified atom stereocenters. The second kappa shape index (κ2) is 7.02. The average Bonchev–Trinajstić information content (AvgIpc) is 2.86. The highest BCUT2D eigenvalue weighted by Gasteiger charge is 2.41. The number of carbonyl (C=O) groups excluding carboxylic acids is 1. The zero-order chi connectivity index (χ0) is 15.3. The molecule has 1 fully saturated rings. The first-order valence-electron chi connectivity index (χ1n) is 7.24. The number of nitrogens with one attached hydrogen (secondary N) is 1. The molecule has 21 heavy (non-hydrogen) atoms. The van der Waals surface area contributed by atoms with E-state index in [1.165, 1.54) is 0 Å². The topological polar surface area (TPSA) is 79.6 Å². The van der Waals surface area contributed by atoms with Gasteiger partial charge in [0.05, 0.1) is 12.8 Å². The van der Waals surface area contributed by atoms with Gasteiger partial charge >= 0.3 is 0 Å². The first kappa shape index (κ1) is 15.9. The van der Waals surface area contributed by atoms with Crippen molar-refractivity contribution >= 4 is 5.91 Å². The van der Waals surface area contributed by atoms with E-state index in [4.69, 9.17) is 4.74 Å². The van der Waals surface area contributed by atoms with E-state index < -0.39 is 5.60 Å². The van der Waals surface area contributed by atoms with Crippen LogP contribution in [0.25, 0.3) is 0 Å². The van der Waals surface area contributed by atoms with Gasteiger partial charge in [0, 0.05) is 52.1 Å². The predicted molar refractivity (Wildman–Crippen MR) is 77.6 cm³/mol. The van der Waals surface area contributed by atoms with E-state index in [0.29, 0.717) is 32.7 Å². The molecule has 2 rings (SSSR count). The van der Waals surface area contributed by atoms with Gasteiger partial charge in [0.1, 0.15) is 0 Å². The van der Waals surface area contributed by atoms with Crippen LogP contribution < -0.4 is 5.32 Å². The van der Waals surface area contributed by atoms with Crippen molar-refractivity contribution in [3.05, 3.63) is 18.0 Å². The molecule has 0 radical (unpaired) electrons. The van der Waals surface area contributed by atoms with Gasteiger partial charge in [-0.3, -0.25) is 9.48 Å². The molecule has 2 N–H and O–H groups in total. The molecule has 1 atom stereocenters. The van der Waals surface area contributed by atoms with Crippen LogP contribution in [0.5, 0.6) is 0 Å². The molecule has 1 aromatic rings. The van der Waals surface area contributed by atoms with Crippen LogP contribution in [0.4, 0.5) is 0 Å². The van der Waals surface area contributed by atoms with Gasteiger partial charge in [-0.1, -0.05) is 0 Å². The van der Waals surface area contributed by atoms with Crippen LogP contribution in [-0.4, -0.2) is 64.6 Å². The second-order valence-corrected chi connectivity index (χ2v) is 5.55. The predicted octanol–water partition coefficient (Wildman–Crippen LogP) is -0.490. The minimum Gasteiger partial charge on any atom is -0.383 e. The number of methoxy groups -OCH3 is 1. The van der Waals surface area contributed by atoms with Crippen molar-refractivity contribution in [2.75, 3.05) is 33.4 Å². The maximum absolute atomic E-state index is 12.4. The van der Waals surface area contributed by atoms with Gasteiger partial charge in [0.2, 0.25) is 0 Å². The fraction of sp³-hybridized carbons (Fsp3) is 0.714. The van der Waals surface area contributed by atoms with Gasteiger partial charge in [0.15, 0.2) is 5.60 Å². The molecule has 1 aromatic heterocycles. The van der Waals surface area contributed by atoms with E-state index in [2.05, 4.69) is 10.4 Å². The largest absolute Gasteiger partial charge is 0.383 e. The van der Waals surface area contributed by atoms with Gasteiger partial charge in [-0.2, -0.15) is 5.10 Å². The highest BCUT2D eigenvalue weighted by Crippen LogP contribution is 2.22. The number of piperidine rings is 1. The lowest BCUT2D eigenvalue weighted by atomic mass is 9.91. The van der Waals surface area contributed by atoms with Crippen molar-refractivity contribution in [2.45, 2.75) is 25.0 Å². The number of aryl methyl sites for hydroxylation is 1. The number of likely N-dealkylation sites (tertiary alicyclic amines) is 1. The monoisotopic (exact) mass is 296 g/mol. The number of hydrogen-bond donors (Lipinski definition) is 2. The Morgan fingerprint density at radius 2 is 2.38 bits per heavy atom. The van der Waals surface area contributed by atoms with Gasteiger partial charge < -0.3 is 20.1 Å². The maximum atomic E-state index is 12.4.